The monoisotopic (exact) mass is 670 g/mol. The zero-order valence-electron chi connectivity index (χ0n) is 28.6. The van der Waals surface area contributed by atoms with Crippen LogP contribution in [0.2, 0.25) is 0 Å². The van der Waals surface area contributed by atoms with Gasteiger partial charge in [-0.15, -0.1) is 0 Å². The largest absolute Gasteiger partial charge is 0.454 e. The second-order valence-corrected chi connectivity index (χ2v) is 14.6. The smallest absolute Gasteiger partial charge is 0.159 e. The van der Waals surface area contributed by atoms with Crippen molar-refractivity contribution in [3.8, 4) is 11.4 Å². The molecule has 4 nitrogen and oxygen atoms in total. The van der Waals surface area contributed by atoms with E-state index >= 15 is 0 Å². The van der Waals surface area contributed by atoms with Gasteiger partial charge in [-0.3, -0.25) is 0 Å². The van der Waals surface area contributed by atoms with Crippen molar-refractivity contribution in [2.75, 3.05) is 0 Å². The summed E-state index contributed by atoms with van der Waals surface area (Å²) in [6.45, 7) is 0. The molecule has 1 saturated carbocycles. The fraction of sp³-hybridized carbons (Fsp3) is 0.125. The highest BCUT2D eigenvalue weighted by Crippen LogP contribution is 2.49. The average molecular weight is 671 g/mol. The van der Waals surface area contributed by atoms with Crippen LogP contribution in [0.5, 0.6) is 0 Å². The predicted molar refractivity (Wildman–Crippen MR) is 216 cm³/mol. The molecule has 7 aromatic carbocycles. The Morgan fingerprint density at radius 2 is 0.865 bits per heavy atom. The molecule has 0 bridgehead atoms. The van der Waals surface area contributed by atoms with E-state index < -0.39 is 0 Å². The summed E-state index contributed by atoms with van der Waals surface area (Å²) in [5.41, 5.74) is 12.0. The third-order valence-corrected chi connectivity index (χ3v) is 11.9. The van der Waals surface area contributed by atoms with Gasteiger partial charge < -0.3 is 18.0 Å². The zero-order chi connectivity index (χ0) is 33.9. The number of hydrogen-bond acceptors (Lipinski definition) is 2. The third kappa shape index (κ3) is 3.76. The summed E-state index contributed by atoms with van der Waals surface area (Å²) in [5, 5.41) is 9.59. The third-order valence-electron chi connectivity index (χ3n) is 11.9. The van der Waals surface area contributed by atoms with E-state index in [0.29, 0.717) is 5.92 Å². The Labute approximate surface area is 299 Å². The summed E-state index contributed by atoms with van der Waals surface area (Å²) in [4.78, 5) is 0. The standard InChI is InChI=1S/C48H34N2O2/c1-2-14-29(15-3-1)44-45-35-21-13-27-42(50-39-24-10-6-18-32(39)33-19-7-11-25-40(33)50)47(35)51-43(45)28-36-34-20-12-26-41(46(34)52-48(36)44)49-37-22-8-4-16-30(37)31-17-5-9-23-38(31)49/h4-13,16-29H,1-3,14-15H2. The molecule has 0 N–H and O–H groups in total. The second-order valence-electron chi connectivity index (χ2n) is 14.6. The Morgan fingerprint density at radius 3 is 1.40 bits per heavy atom. The van der Waals surface area contributed by atoms with Gasteiger partial charge in [0.2, 0.25) is 0 Å². The minimum absolute atomic E-state index is 0.398. The van der Waals surface area contributed by atoms with Crippen molar-refractivity contribution < 1.29 is 8.83 Å². The van der Waals surface area contributed by atoms with Crippen LogP contribution >= 0.6 is 0 Å². The summed E-state index contributed by atoms with van der Waals surface area (Å²) in [6, 6.07) is 50.3. The molecule has 0 aliphatic heterocycles. The van der Waals surface area contributed by atoms with E-state index in [1.807, 2.05) is 0 Å². The SMILES string of the molecule is c1cc(-n2c3ccccc3c3ccccc32)c2oc3c(C4CCCCC4)c4c(cc3c2c1)oc1c(-n2c3ccccc3c3ccccc32)cccc14. The van der Waals surface area contributed by atoms with Crippen molar-refractivity contribution in [2.45, 2.75) is 38.0 Å². The first-order valence-corrected chi connectivity index (χ1v) is 18.6. The zero-order valence-corrected chi connectivity index (χ0v) is 28.6. The van der Waals surface area contributed by atoms with E-state index in [1.165, 1.54) is 73.8 Å². The van der Waals surface area contributed by atoms with Crippen LogP contribution in [0, 0.1) is 0 Å². The van der Waals surface area contributed by atoms with Gasteiger partial charge in [-0.25, -0.2) is 0 Å². The summed E-state index contributed by atoms with van der Waals surface area (Å²) >= 11 is 0. The number of aromatic nitrogens is 2. The van der Waals surface area contributed by atoms with Crippen LogP contribution in [0.1, 0.15) is 43.6 Å². The van der Waals surface area contributed by atoms with Crippen molar-refractivity contribution in [1.29, 1.82) is 0 Å². The molecule has 1 fully saturated rings. The van der Waals surface area contributed by atoms with Crippen molar-refractivity contribution in [1.82, 2.24) is 9.13 Å². The lowest BCUT2D eigenvalue weighted by molar-refractivity contribution is 0.444. The Hall–Kier alpha value is -6.26. The summed E-state index contributed by atoms with van der Waals surface area (Å²) in [5.74, 6) is 0.398. The predicted octanol–water partition coefficient (Wildman–Crippen LogP) is 13.7. The van der Waals surface area contributed by atoms with Crippen molar-refractivity contribution in [2.24, 2.45) is 0 Å². The number of nitrogens with zero attached hydrogens (tertiary/aromatic N) is 2. The molecular weight excluding hydrogens is 637 g/mol. The van der Waals surface area contributed by atoms with Crippen molar-refractivity contribution in [3.05, 3.63) is 145 Å². The van der Waals surface area contributed by atoms with Gasteiger partial charge >= 0.3 is 0 Å². The lowest BCUT2D eigenvalue weighted by Gasteiger charge is -2.22. The number of benzene rings is 7. The number of fused-ring (bicyclic) bond motifs is 12. The molecule has 0 atom stereocenters. The van der Waals surface area contributed by atoms with Gasteiger partial charge in [0.15, 0.2) is 11.2 Å². The van der Waals surface area contributed by atoms with Crippen LogP contribution in [0.4, 0.5) is 0 Å². The summed E-state index contributed by atoms with van der Waals surface area (Å²) in [6.07, 6.45) is 6.07. The Morgan fingerprint density at radius 1 is 0.404 bits per heavy atom. The van der Waals surface area contributed by atoms with Crippen LogP contribution in [-0.4, -0.2) is 9.13 Å². The molecule has 4 heterocycles. The maximum Gasteiger partial charge on any atom is 0.159 e. The van der Waals surface area contributed by atoms with Gasteiger partial charge in [0.25, 0.3) is 0 Å². The minimum Gasteiger partial charge on any atom is -0.454 e. The highest BCUT2D eigenvalue weighted by atomic mass is 16.3. The van der Waals surface area contributed by atoms with Gasteiger partial charge in [0, 0.05) is 48.7 Å². The van der Waals surface area contributed by atoms with E-state index in [9.17, 15) is 0 Å². The maximum atomic E-state index is 7.27. The first-order valence-electron chi connectivity index (χ1n) is 18.6. The van der Waals surface area contributed by atoms with E-state index in [0.717, 1.165) is 62.7 Å². The molecule has 1 aliphatic carbocycles. The summed E-state index contributed by atoms with van der Waals surface area (Å²) in [7, 11) is 0. The van der Waals surface area contributed by atoms with E-state index in [1.54, 1.807) is 0 Å². The lowest BCUT2D eigenvalue weighted by atomic mass is 9.81. The van der Waals surface area contributed by atoms with Crippen LogP contribution in [0.3, 0.4) is 0 Å². The molecule has 0 spiro atoms. The van der Waals surface area contributed by atoms with Crippen LogP contribution in [0.25, 0.3) is 98.9 Å². The summed E-state index contributed by atoms with van der Waals surface area (Å²) < 4.78 is 19.1. The molecule has 52 heavy (non-hydrogen) atoms. The molecule has 4 heteroatoms. The second kappa shape index (κ2) is 10.6. The molecule has 0 radical (unpaired) electrons. The van der Waals surface area contributed by atoms with Crippen molar-refractivity contribution in [3.63, 3.8) is 0 Å². The topological polar surface area (TPSA) is 36.1 Å². The number of hydrogen-bond donors (Lipinski definition) is 0. The Balaban J connectivity index is 1.19. The highest BCUT2D eigenvalue weighted by Gasteiger charge is 2.29. The molecule has 4 aromatic heterocycles. The van der Waals surface area contributed by atoms with Gasteiger partial charge in [-0.2, -0.15) is 0 Å². The molecule has 11 aromatic rings. The minimum atomic E-state index is 0.398. The molecular formula is C48H34N2O2. The average Bonchev–Trinajstić information content (AvgIpc) is 3.95. The van der Waals surface area contributed by atoms with Crippen LogP contribution in [-0.2, 0) is 0 Å². The molecule has 1 aliphatic rings. The van der Waals surface area contributed by atoms with E-state index in [-0.39, 0.29) is 0 Å². The first-order chi connectivity index (χ1) is 25.8. The van der Waals surface area contributed by atoms with E-state index in [2.05, 4.69) is 149 Å². The Bertz CT molecular complexity index is 3000. The fourth-order valence-corrected chi connectivity index (χ4v) is 9.71. The number of para-hydroxylation sites is 6. The molecule has 0 amide bonds. The normalized spacial score (nSPS) is 14.5. The van der Waals surface area contributed by atoms with Gasteiger partial charge in [0.05, 0.1) is 33.4 Å². The van der Waals surface area contributed by atoms with Crippen molar-refractivity contribution >= 4 is 87.5 Å². The lowest BCUT2D eigenvalue weighted by Crippen LogP contribution is -2.05. The Kier molecular flexibility index (Phi) is 5.81. The quantitative estimate of drug-likeness (QED) is 0.188. The first kappa shape index (κ1) is 28.4. The van der Waals surface area contributed by atoms with Gasteiger partial charge in [-0.1, -0.05) is 116 Å². The van der Waals surface area contributed by atoms with Gasteiger partial charge in [-0.05, 0) is 61.2 Å². The van der Waals surface area contributed by atoms with Crippen LogP contribution < -0.4 is 0 Å². The van der Waals surface area contributed by atoms with E-state index in [4.69, 9.17) is 8.83 Å². The molecule has 12 rings (SSSR count). The highest BCUT2D eigenvalue weighted by molar-refractivity contribution is 6.20. The molecule has 0 saturated heterocycles. The fourth-order valence-electron chi connectivity index (χ4n) is 9.71. The number of rotatable bonds is 3. The number of furan rings is 2. The maximum absolute atomic E-state index is 7.27. The van der Waals surface area contributed by atoms with Gasteiger partial charge in [0.1, 0.15) is 11.2 Å². The van der Waals surface area contributed by atoms with Crippen LogP contribution in [0.15, 0.2) is 148 Å². The molecule has 248 valence electrons. The molecule has 0 unspecified atom stereocenters.